The van der Waals surface area contributed by atoms with Gasteiger partial charge in [-0.2, -0.15) is 0 Å². The third-order valence-electron chi connectivity index (χ3n) is 0.912. The molecule has 8 heavy (non-hydrogen) atoms. The number of hydrogen-bond acceptors (Lipinski definition) is 3. The second-order valence-electron chi connectivity index (χ2n) is 1.62. The SMILES string of the molecule is [CH2]CC(O)(O)C(C)=O. The monoisotopic (exact) mass is 117 g/mol. The van der Waals surface area contributed by atoms with Gasteiger partial charge < -0.3 is 10.2 Å². The Bertz CT molecular complexity index is 95.8. The first kappa shape index (κ1) is 7.59. The summed E-state index contributed by atoms with van der Waals surface area (Å²) >= 11 is 0. The Kier molecular flexibility index (Phi) is 2.12. The van der Waals surface area contributed by atoms with Crippen molar-refractivity contribution in [1.82, 2.24) is 0 Å². The quantitative estimate of drug-likeness (QED) is 0.478. The number of hydrogen-bond donors (Lipinski definition) is 2. The van der Waals surface area contributed by atoms with Gasteiger partial charge in [-0.3, -0.25) is 4.79 Å². The van der Waals surface area contributed by atoms with Crippen molar-refractivity contribution >= 4 is 5.78 Å². The van der Waals surface area contributed by atoms with Crippen LogP contribution in [0.4, 0.5) is 0 Å². The van der Waals surface area contributed by atoms with E-state index in [1.54, 1.807) is 0 Å². The van der Waals surface area contributed by atoms with Gasteiger partial charge in [-0.15, -0.1) is 0 Å². The molecule has 0 aliphatic carbocycles. The van der Waals surface area contributed by atoms with E-state index >= 15 is 0 Å². The van der Waals surface area contributed by atoms with Gasteiger partial charge in [-0.05, 0) is 6.92 Å². The molecule has 0 bridgehead atoms. The molecule has 0 heterocycles. The Morgan fingerprint density at radius 2 is 2.12 bits per heavy atom. The zero-order chi connectivity index (χ0) is 6.78. The van der Waals surface area contributed by atoms with Crippen molar-refractivity contribution in [2.45, 2.75) is 19.1 Å². The zero-order valence-electron chi connectivity index (χ0n) is 4.72. The van der Waals surface area contributed by atoms with Crippen molar-refractivity contribution in [1.29, 1.82) is 0 Å². The van der Waals surface area contributed by atoms with Crippen LogP contribution in [0.1, 0.15) is 13.3 Å². The fourth-order valence-electron chi connectivity index (χ4n) is 0.176. The molecular weight excluding hydrogens is 108 g/mol. The molecule has 0 unspecified atom stereocenters. The average molecular weight is 117 g/mol. The molecule has 47 valence electrons. The number of carbonyl (C=O) groups is 1. The third kappa shape index (κ3) is 1.60. The summed E-state index contributed by atoms with van der Waals surface area (Å²) in [5.41, 5.74) is 0. The molecule has 0 saturated heterocycles. The molecule has 0 aromatic carbocycles. The number of rotatable bonds is 2. The molecule has 3 heteroatoms. The summed E-state index contributed by atoms with van der Waals surface area (Å²) in [4.78, 5) is 10.2. The first-order valence-corrected chi connectivity index (χ1v) is 2.25. The first-order valence-electron chi connectivity index (χ1n) is 2.25. The van der Waals surface area contributed by atoms with Crippen LogP contribution in [0.2, 0.25) is 0 Å². The van der Waals surface area contributed by atoms with Gasteiger partial charge in [-0.1, -0.05) is 0 Å². The highest BCUT2D eigenvalue weighted by Crippen LogP contribution is 2.03. The minimum Gasteiger partial charge on any atom is -0.360 e. The van der Waals surface area contributed by atoms with E-state index in [4.69, 9.17) is 10.2 Å². The highest BCUT2D eigenvalue weighted by molar-refractivity contribution is 5.82. The summed E-state index contributed by atoms with van der Waals surface area (Å²) in [6.07, 6.45) is -0.206. The molecule has 0 aliphatic heterocycles. The molecular formula is C5H9O3. The van der Waals surface area contributed by atoms with Gasteiger partial charge in [0.05, 0.1) is 0 Å². The van der Waals surface area contributed by atoms with E-state index in [1.165, 1.54) is 0 Å². The molecule has 0 saturated carbocycles. The van der Waals surface area contributed by atoms with Crippen LogP contribution < -0.4 is 0 Å². The van der Waals surface area contributed by atoms with Crippen LogP contribution >= 0.6 is 0 Å². The zero-order valence-corrected chi connectivity index (χ0v) is 4.72. The van der Waals surface area contributed by atoms with E-state index in [0.29, 0.717) is 0 Å². The number of Topliss-reactive ketones (excluding diaryl/α,β-unsaturated/α-hetero) is 1. The van der Waals surface area contributed by atoms with Gasteiger partial charge in [0, 0.05) is 13.3 Å². The van der Waals surface area contributed by atoms with Crippen LogP contribution in [-0.2, 0) is 4.79 Å². The molecule has 3 nitrogen and oxygen atoms in total. The second-order valence-corrected chi connectivity index (χ2v) is 1.62. The minimum atomic E-state index is -2.21. The summed E-state index contributed by atoms with van der Waals surface area (Å²) in [5.74, 6) is -2.88. The summed E-state index contributed by atoms with van der Waals surface area (Å²) in [7, 11) is 0. The van der Waals surface area contributed by atoms with E-state index < -0.39 is 11.6 Å². The maximum absolute atomic E-state index is 10.2. The summed E-state index contributed by atoms with van der Waals surface area (Å²) < 4.78 is 0. The first-order chi connectivity index (χ1) is 3.50. The van der Waals surface area contributed by atoms with Crippen molar-refractivity contribution in [3.8, 4) is 0 Å². The van der Waals surface area contributed by atoms with E-state index in [9.17, 15) is 4.79 Å². The molecule has 0 rings (SSSR count). The molecule has 2 N–H and O–H groups in total. The Morgan fingerprint density at radius 3 is 2.12 bits per heavy atom. The van der Waals surface area contributed by atoms with Crippen molar-refractivity contribution in [2.24, 2.45) is 0 Å². The van der Waals surface area contributed by atoms with Crippen LogP contribution in [0.5, 0.6) is 0 Å². The minimum absolute atomic E-state index is 0.206. The highest BCUT2D eigenvalue weighted by atomic mass is 16.5. The summed E-state index contributed by atoms with van der Waals surface area (Å²) in [5, 5.41) is 17.1. The predicted octanol–water partition coefficient (Wildman–Crippen LogP) is -0.520. The maximum atomic E-state index is 10.2. The molecule has 0 aromatic heterocycles. The Hall–Kier alpha value is -0.410. The number of carbonyl (C=O) groups excluding carboxylic acids is 1. The van der Waals surface area contributed by atoms with E-state index in [1.807, 2.05) is 0 Å². The lowest BCUT2D eigenvalue weighted by molar-refractivity contribution is -0.179. The molecule has 0 aliphatic rings. The van der Waals surface area contributed by atoms with Gasteiger partial charge in [0.1, 0.15) is 0 Å². The topological polar surface area (TPSA) is 57.5 Å². The van der Waals surface area contributed by atoms with Crippen LogP contribution in [0.25, 0.3) is 0 Å². The number of ketones is 1. The van der Waals surface area contributed by atoms with Gasteiger partial charge in [-0.25, -0.2) is 0 Å². The van der Waals surface area contributed by atoms with Crippen LogP contribution in [0.15, 0.2) is 0 Å². The molecule has 0 fully saturated rings. The highest BCUT2D eigenvalue weighted by Gasteiger charge is 2.25. The summed E-state index contributed by atoms with van der Waals surface area (Å²) in [6, 6.07) is 0. The van der Waals surface area contributed by atoms with Crippen molar-refractivity contribution in [3.05, 3.63) is 6.92 Å². The Morgan fingerprint density at radius 1 is 1.75 bits per heavy atom. The lowest BCUT2D eigenvalue weighted by Crippen LogP contribution is -2.35. The standard InChI is InChI=1S/C5H9O3/c1-3-5(7,8)4(2)6/h7-8H,1,3H2,2H3. The largest absolute Gasteiger partial charge is 0.360 e. The van der Waals surface area contributed by atoms with Crippen molar-refractivity contribution in [2.75, 3.05) is 0 Å². The van der Waals surface area contributed by atoms with Crippen LogP contribution in [0, 0.1) is 6.92 Å². The van der Waals surface area contributed by atoms with E-state index in [2.05, 4.69) is 6.92 Å². The molecule has 0 aromatic rings. The Labute approximate surface area is 47.9 Å². The van der Waals surface area contributed by atoms with E-state index in [-0.39, 0.29) is 6.42 Å². The predicted molar refractivity (Wildman–Crippen MR) is 27.8 cm³/mol. The Balaban J connectivity index is 3.91. The lowest BCUT2D eigenvalue weighted by Gasteiger charge is -2.13. The fourth-order valence-corrected chi connectivity index (χ4v) is 0.176. The molecule has 0 atom stereocenters. The molecule has 0 spiro atoms. The van der Waals surface area contributed by atoms with E-state index in [0.717, 1.165) is 6.92 Å². The van der Waals surface area contributed by atoms with Gasteiger partial charge in [0.15, 0.2) is 5.78 Å². The van der Waals surface area contributed by atoms with Gasteiger partial charge in [0.2, 0.25) is 5.79 Å². The van der Waals surface area contributed by atoms with Crippen LogP contribution in [-0.4, -0.2) is 21.8 Å². The van der Waals surface area contributed by atoms with Gasteiger partial charge >= 0.3 is 0 Å². The lowest BCUT2D eigenvalue weighted by atomic mass is 10.1. The fraction of sp³-hybridized carbons (Fsp3) is 0.600. The second kappa shape index (κ2) is 2.24. The number of aliphatic hydroxyl groups is 2. The normalized spacial score (nSPS) is 11.5. The third-order valence-corrected chi connectivity index (χ3v) is 0.912. The maximum Gasteiger partial charge on any atom is 0.223 e. The van der Waals surface area contributed by atoms with Crippen LogP contribution in [0.3, 0.4) is 0 Å². The average Bonchev–Trinajstić information content (AvgIpc) is 1.67. The van der Waals surface area contributed by atoms with Crippen molar-refractivity contribution in [3.63, 3.8) is 0 Å². The molecule has 1 radical (unpaired) electrons. The van der Waals surface area contributed by atoms with Crippen molar-refractivity contribution < 1.29 is 15.0 Å². The summed E-state index contributed by atoms with van der Waals surface area (Å²) in [6.45, 7) is 4.26. The van der Waals surface area contributed by atoms with Gasteiger partial charge in [0.25, 0.3) is 0 Å². The smallest absolute Gasteiger partial charge is 0.223 e. The molecule has 0 amide bonds.